The van der Waals surface area contributed by atoms with Crippen molar-refractivity contribution in [1.82, 2.24) is 9.97 Å². The van der Waals surface area contributed by atoms with E-state index in [9.17, 15) is 18.5 Å². The van der Waals surface area contributed by atoms with E-state index in [1.54, 1.807) is 6.07 Å². The maximum atomic E-state index is 12.7. The number of nitro benzene ring substituents is 1. The predicted octanol–water partition coefficient (Wildman–Crippen LogP) is 3.53. The highest BCUT2D eigenvalue weighted by molar-refractivity contribution is 7.87. The van der Waals surface area contributed by atoms with Crippen LogP contribution in [0.4, 0.5) is 11.6 Å². The van der Waals surface area contributed by atoms with Gasteiger partial charge in [-0.15, -0.1) is 0 Å². The summed E-state index contributed by atoms with van der Waals surface area (Å²) >= 11 is 0. The number of methoxy groups -OCH3 is 1. The summed E-state index contributed by atoms with van der Waals surface area (Å²) in [5.41, 5.74) is 4.91. The average molecular weight is 471 g/mol. The number of ether oxygens (including phenoxy) is 1. The number of nitro groups is 1. The van der Waals surface area contributed by atoms with E-state index in [-0.39, 0.29) is 22.1 Å². The molecule has 1 heterocycles. The molecule has 1 aromatic heterocycles. The second-order valence-corrected chi connectivity index (χ2v) is 8.54. The van der Waals surface area contributed by atoms with Gasteiger partial charge in [-0.05, 0) is 56.7 Å². The van der Waals surface area contributed by atoms with Gasteiger partial charge >= 0.3 is 10.1 Å². The molecule has 12 heteroatoms. The van der Waals surface area contributed by atoms with Crippen LogP contribution in [0.3, 0.4) is 0 Å². The first-order chi connectivity index (χ1) is 15.6. The van der Waals surface area contributed by atoms with Crippen LogP contribution in [0.5, 0.6) is 11.5 Å². The summed E-state index contributed by atoms with van der Waals surface area (Å²) in [5, 5.41) is 15.2. The molecule has 11 nitrogen and oxygen atoms in total. The molecule has 0 radical (unpaired) electrons. The molecule has 3 aromatic rings. The fourth-order valence-electron chi connectivity index (χ4n) is 2.88. The maximum absolute atomic E-state index is 12.7. The summed E-state index contributed by atoms with van der Waals surface area (Å²) in [6.45, 7) is 5.20. The molecule has 0 aliphatic carbocycles. The summed E-state index contributed by atoms with van der Waals surface area (Å²) in [6, 6.07) is 9.87. The zero-order valence-electron chi connectivity index (χ0n) is 18.3. The van der Waals surface area contributed by atoms with Crippen LogP contribution < -0.4 is 14.3 Å². The molecule has 0 unspecified atom stereocenters. The van der Waals surface area contributed by atoms with Crippen molar-refractivity contribution in [2.45, 2.75) is 25.7 Å². The van der Waals surface area contributed by atoms with Crippen LogP contribution in [0.15, 0.2) is 52.5 Å². The van der Waals surface area contributed by atoms with Crippen molar-refractivity contribution in [2.24, 2.45) is 5.10 Å². The van der Waals surface area contributed by atoms with Crippen LogP contribution in [0.25, 0.3) is 0 Å². The van der Waals surface area contributed by atoms with E-state index in [0.29, 0.717) is 17.1 Å². The molecular weight excluding hydrogens is 450 g/mol. The number of nitrogens with one attached hydrogen (secondary N) is 1. The van der Waals surface area contributed by atoms with Gasteiger partial charge in [0.05, 0.1) is 18.2 Å². The van der Waals surface area contributed by atoms with Gasteiger partial charge in [-0.3, -0.25) is 10.1 Å². The Hall–Kier alpha value is -4.06. The van der Waals surface area contributed by atoms with Gasteiger partial charge in [-0.1, -0.05) is 6.07 Å². The summed E-state index contributed by atoms with van der Waals surface area (Å²) in [4.78, 5) is 18.6. The number of anilines is 1. The smallest absolute Gasteiger partial charge is 0.339 e. The predicted molar refractivity (Wildman–Crippen MR) is 121 cm³/mol. The largest absolute Gasteiger partial charge is 0.493 e. The third-order valence-corrected chi connectivity index (χ3v) is 5.64. The number of aryl methyl sites for hydroxylation is 3. The number of nitrogens with zero attached hydrogens (tertiary/aromatic N) is 4. The highest BCUT2D eigenvalue weighted by Crippen LogP contribution is 2.31. The Morgan fingerprint density at radius 3 is 2.36 bits per heavy atom. The number of aromatic nitrogens is 2. The van der Waals surface area contributed by atoms with Gasteiger partial charge in [0.15, 0.2) is 11.5 Å². The Morgan fingerprint density at radius 2 is 1.73 bits per heavy atom. The average Bonchev–Trinajstić information content (AvgIpc) is 2.73. The van der Waals surface area contributed by atoms with Crippen LogP contribution >= 0.6 is 0 Å². The van der Waals surface area contributed by atoms with Gasteiger partial charge in [0.25, 0.3) is 5.69 Å². The third kappa shape index (κ3) is 5.80. The van der Waals surface area contributed by atoms with Gasteiger partial charge in [-0.25, -0.2) is 15.4 Å². The molecule has 0 aliphatic rings. The summed E-state index contributed by atoms with van der Waals surface area (Å²) < 4.78 is 35.8. The molecule has 0 bridgehead atoms. The topological polar surface area (TPSA) is 146 Å². The zero-order chi connectivity index (χ0) is 24.2. The summed E-state index contributed by atoms with van der Waals surface area (Å²) in [7, 11) is -2.98. The van der Waals surface area contributed by atoms with Crippen LogP contribution in [-0.4, -0.2) is 36.6 Å². The van der Waals surface area contributed by atoms with E-state index in [4.69, 9.17) is 8.92 Å². The van der Waals surface area contributed by atoms with Crippen LogP contribution in [-0.2, 0) is 10.1 Å². The molecule has 2 aromatic carbocycles. The number of hydrogen-bond donors (Lipinski definition) is 1. The number of rotatable bonds is 8. The van der Waals surface area contributed by atoms with Crippen molar-refractivity contribution in [3.63, 3.8) is 0 Å². The monoisotopic (exact) mass is 471 g/mol. The van der Waals surface area contributed by atoms with Crippen LogP contribution in [0, 0.1) is 30.9 Å². The fourth-order valence-corrected chi connectivity index (χ4v) is 3.84. The van der Waals surface area contributed by atoms with Crippen LogP contribution in [0.2, 0.25) is 0 Å². The minimum absolute atomic E-state index is 0.0801. The number of hydrogen-bond acceptors (Lipinski definition) is 10. The van der Waals surface area contributed by atoms with Gasteiger partial charge in [0.2, 0.25) is 5.95 Å². The van der Waals surface area contributed by atoms with E-state index in [1.807, 2.05) is 19.9 Å². The maximum Gasteiger partial charge on any atom is 0.339 e. The Balaban J connectivity index is 1.81. The summed E-state index contributed by atoms with van der Waals surface area (Å²) in [5.74, 6) is 0.393. The SMILES string of the molecule is COc1cc(/C=N/Nc2nc(C)cc(C)n2)ccc1OS(=O)(=O)c1ccc(C)c([N+](=O)[O-])c1. The molecule has 3 rings (SSSR count). The van der Waals surface area contributed by atoms with E-state index >= 15 is 0 Å². The minimum atomic E-state index is -4.34. The molecular formula is C21H21N5O6S. The first kappa shape index (κ1) is 23.6. The number of benzene rings is 2. The zero-order valence-corrected chi connectivity index (χ0v) is 19.1. The quantitative estimate of drug-likeness (QED) is 0.225. The highest BCUT2D eigenvalue weighted by atomic mass is 32.2. The van der Waals surface area contributed by atoms with Crippen molar-refractivity contribution in [2.75, 3.05) is 12.5 Å². The summed E-state index contributed by atoms with van der Waals surface area (Å²) in [6.07, 6.45) is 1.48. The Labute approximate surface area is 190 Å². The first-order valence-corrected chi connectivity index (χ1v) is 11.0. The molecule has 172 valence electrons. The lowest BCUT2D eigenvalue weighted by molar-refractivity contribution is -0.385. The van der Waals surface area contributed by atoms with E-state index in [1.165, 1.54) is 44.5 Å². The lowest BCUT2D eigenvalue weighted by Crippen LogP contribution is -2.11. The molecule has 0 aliphatic heterocycles. The molecule has 33 heavy (non-hydrogen) atoms. The van der Waals surface area contributed by atoms with E-state index in [2.05, 4.69) is 20.5 Å². The Bertz CT molecular complexity index is 1320. The van der Waals surface area contributed by atoms with Gasteiger partial charge in [0, 0.05) is 23.0 Å². The Kier molecular flexibility index (Phi) is 6.87. The standard InChI is InChI=1S/C21H21N5O6S/c1-13-5-7-17(11-18(13)26(27)28)33(29,30)32-19-8-6-16(10-20(19)31-4)12-22-25-21-23-14(2)9-15(3)24-21/h5-12H,1-4H3,(H,23,24,25)/b22-12+. The van der Waals surface area contributed by atoms with Crippen molar-refractivity contribution in [3.8, 4) is 11.5 Å². The van der Waals surface area contributed by atoms with Gasteiger partial charge < -0.3 is 8.92 Å². The lowest BCUT2D eigenvalue weighted by atomic mass is 10.2. The van der Waals surface area contributed by atoms with E-state index in [0.717, 1.165) is 17.5 Å². The second-order valence-electron chi connectivity index (χ2n) is 7.00. The molecule has 0 spiro atoms. The van der Waals surface area contributed by atoms with E-state index < -0.39 is 15.0 Å². The normalized spacial score (nSPS) is 11.4. The van der Waals surface area contributed by atoms with Crippen molar-refractivity contribution in [3.05, 3.63) is 75.1 Å². The molecule has 0 amide bonds. The van der Waals surface area contributed by atoms with Gasteiger partial charge in [0.1, 0.15) is 4.90 Å². The third-order valence-electron chi connectivity index (χ3n) is 4.41. The second kappa shape index (κ2) is 9.61. The van der Waals surface area contributed by atoms with Crippen molar-refractivity contribution >= 4 is 28.0 Å². The lowest BCUT2D eigenvalue weighted by Gasteiger charge is -2.11. The fraction of sp³-hybridized carbons (Fsp3) is 0.190. The Morgan fingerprint density at radius 1 is 1.03 bits per heavy atom. The number of hydrazone groups is 1. The van der Waals surface area contributed by atoms with Crippen molar-refractivity contribution in [1.29, 1.82) is 0 Å². The minimum Gasteiger partial charge on any atom is -0.493 e. The highest BCUT2D eigenvalue weighted by Gasteiger charge is 2.23. The van der Waals surface area contributed by atoms with Crippen molar-refractivity contribution < 1.29 is 22.3 Å². The molecule has 1 N–H and O–H groups in total. The molecule has 0 atom stereocenters. The molecule has 0 saturated carbocycles. The molecule has 0 saturated heterocycles. The van der Waals surface area contributed by atoms with Gasteiger partial charge in [-0.2, -0.15) is 13.5 Å². The van der Waals surface area contributed by atoms with Crippen LogP contribution in [0.1, 0.15) is 22.5 Å². The first-order valence-electron chi connectivity index (χ1n) is 9.58. The molecule has 0 fully saturated rings.